The van der Waals surface area contributed by atoms with Gasteiger partial charge in [0.15, 0.2) is 5.78 Å². The van der Waals surface area contributed by atoms with Crippen molar-refractivity contribution in [2.45, 2.75) is 44.7 Å². The Morgan fingerprint density at radius 3 is 2.63 bits per heavy atom. The Hall–Kier alpha value is -3.10. The molecule has 1 amide bonds. The van der Waals surface area contributed by atoms with Crippen LogP contribution >= 0.6 is 15.9 Å². The number of benzene rings is 2. The fourth-order valence-electron chi connectivity index (χ4n) is 5.34. The number of aryl methyl sites for hydroxylation is 1. The number of pyridine rings is 1. The van der Waals surface area contributed by atoms with E-state index in [4.69, 9.17) is 0 Å². The second-order valence-corrected chi connectivity index (χ2v) is 11.3. The third-order valence-electron chi connectivity index (χ3n) is 7.71. The maximum absolute atomic E-state index is 14.0. The van der Waals surface area contributed by atoms with Crippen LogP contribution in [0, 0.1) is 18.7 Å². The smallest absolute Gasteiger partial charge is 0.250 e. The highest BCUT2D eigenvalue weighted by atomic mass is 79.9. The minimum Gasteiger partial charge on any atom is -0.335 e. The summed E-state index contributed by atoms with van der Waals surface area (Å²) in [5.74, 6) is -0.954. The van der Waals surface area contributed by atoms with Gasteiger partial charge in [-0.2, -0.15) is 0 Å². The number of carbonyl (C=O) groups is 2. The lowest BCUT2D eigenvalue weighted by molar-refractivity contribution is -0.138. The molecule has 6 nitrogen and oxygen atoms in total. The SMILES string of the molecule is Cc1c(Br)cc(CN(C(=O)C2CNCCC2c2ccn(C)c(=O)c2)C2CC2)cc1C(=O)c1cccc(F)c1. The summed E-state index contributed by atoms with van der Waals surface area (Å²) >= 11 is 3.59. The number of aromatic nitrogens is 1. The molecule has 1 saturated heterocycles. The summed E-state index contributed by atoms with van der Waals surface area (Å²) in [7, 11) is 1.72. The maximum Gasteiger partial charge on any atom is 0.250 e. The summed E-state index contributed by atoms with van der Waals surface area (Å²) in [6.07, 6.45) is 4.44. The second-order valence-electron chi connectivity index (χ2n) is 10.4. The van der Waals surface area contributed by atoms with Crippen LogP contribution in [0.3, 0.4) is 0 Å². The van der Waals surface area contributed by atoms with Crippen LogP contribution in [-0.2, 0) is 18.4 Å². The molecule has 5 rings (SSSR count). The van der Waals surface area contributed by atoms with E-state index in [0.717, 1.165) is 47.0 Å². The highest BCUT2D eigenvalue weighted by molar-refractivity contribution is 9.10. The first-order valence-corrected chi connectivity index (χ1v) is 13.8. The molecule has 1 N–H and O–H groups in total. The minimum absolute atomic E-state index is 0.0335. The van der Waals surface area contributed by atoms with E-state index in [2.05, 4.69) is 21.2 Å². The predicted molar refractivity (Wildman–Crippen MR) is 148 cm³/mol. The van der Waals surface area contributed by atoms with Gasteiger partial charge in [0.25, 0.3) is 5.56 Å². The summed E-state index contributed by atoms with van der Waals surface area (Å²) in [6.45, 7) is 3.59. The average molecular weight is 580 g/mol. The van der Waals surface area contributed by atoms with Crippen LogP contribution in [0.1, 0.15) is 57.8 Å². The molecule has 0 spiro atoms. The number of nitrogens with one attached hydrogen (secondary N) is 1. The van der Waals surface area contributed by atoms with Crippen LogP contribution in [0.25, 0.3) is 0 Å². The zero-order valence-corrected chi connectivity index (χ0v) is 23.1. The Morgan fingerprint density at radius 1 is 1.13 bits per heavy atom. The molecule has 2 fully saturated rings. The number of ketones is 1. The zero-order chi connectivity index (χ0) is 27.0. The molecule has 1 aromatic heterocycles. The zero-order valence-electron chi connectivity index (χ0n) is 21.5. The Kier molecular flexibility index (Phi) is 7.63. The lowest BCUT2D eigenvalue weighted by Gasteiger charge is -2.36. The molecule has 2 aromatic carbocycles. The molecule has 1 aliphatic carbocycles. The Labute approximate surface area is 230 Å². The van der Waals surface area contributed by atoms with Crippen LogP contribution in [0.4, 0.5) is 4.39 Å². The first kappa shape index (κ1) is 26.5. The van der Waals surface area contributed by atoms with Gasteiger partial charge in [-0.1, -0.05) is 28.1 Å². The van der Waals surface area contributed by atoms with Crippen molar-refractivity contribution in [1.82, 2.24) is 14.8 Å². The monoisotopic (exact) mass is 579 g/mol. The molecule has 2 atom stereocenters. The van der Waals surface area contributed by atoms with E-state index in [1.165, 1.54) is 22.8 Å². The van der Waals surface area contributed by atoms with Gasteiger partial charge >= 0.3 is 0 Å². The Bertz CT molecular complexity index is 1450. The predicted octanol–water partition coefficient (Wildman–Crippen LogP) is 4.71. The quantitative estimate of drug-likeness (QED) is 0.411. The number of hydrogen-bond acceptors (Lipinski definition) is 4. The number of hydrogen-bond donors (Lipinski definition) is 1. The van der Waals surface area contributed by atoms with Crippen molar-refractivity contribution in [3.63, 3.8) is 0 Å². The van der Waals surface area contributed by atoms with Gasteiger partial charge in [0.05, 0.1) is 5.92 Å². The number of rotatable bonds is 7. The first-order valence-electron chi connectivity index (χ1n) is 13.0. The van der Waals surface area contributed by atoms with Crippen LogP contribution in [0.15, 0.2) is 64.0 Å². The molecule has 2 heterocycles. The molecule has 2 unspecified atom stereocenters. The molecule has 1 saturated carbocycles. The van der Waals surface area contributed by atoms with Crippen molar-refractivity contribution in [2.24, 2.45) is 13.0 Å². The third-order valence-corrected chi connectivity index (χ3v) is 8.54. The number of amides is 1. The van der Waals surface area contributed by atoms with Crippen LogP contribution in [0.2, 0.25) is 0 Å². The van der Waals surface area contributed by atoms with E-state index >= 15 is 0 Å². The van der Waals surface area contributed by atoms with E-state index in [9.17, 15) is 18.8 Å². The van der Waals surface area contributed by atoms with Crippen molar-refractivity contribution in [1.29, 1.82) is 0 Å². The van der Waals surface area contributed by atoms with Crippen LogP contribution in [-0.4, -0.2) is 40.3 Å². The van der Waals surface area contributed by atoms with E-state index in [1.54, 1.807) is 25.4 Å². The molecule has 198 valence electrons. The largest absolute Gasteiger partial charge is 0.335 e. The lowest BCUT2D eigenvalue weighted by Crippen LogP contribution is -2.47. The third kappa shape index (κ3) is 5.52. The molecule has 0 bridgehead atoms. The van der Waals surface area contributed by atoms with Crippen LogP contribution < -0.4 is 10.9 Å². The Morgan fingerprint density at radius 2 is 1.92 bits per heavy atom. The van der Waals surface area contributed by atoms with Gasteiger partial charge in [-0.05, 0) is 85.7 Å². The van der Waals surface area contributed by atoms with E-state index < -0.39 is 5.82 Å². The van der Waals surface area contributed by atoms with Gasteiger partial charge in [-0.25, -0.2) is 4.39 Å². The van der Waals surface area contributed by atoms with Crippen molar-refractivity contribution in [2.75, 3.05) is 13.1 Å². The number of piperidine rings is 1. The lowest BCUT2D eigenvalue weighted by atomic mass is 9.80. The average Bonchev–Trinajstić information content (AvgIpc) is 3.75. The van der Waals surface area contributed by atoms with Gasteiger partial charge in [-0.15, -0.1) is 0 Å². The number of halogens is 2. The standard InChI is InChI=1S/C30H31BrFN3O3/c1-18-25(29(37)21-4-3-5-22(32)14-21)12-19(13-27(18)31)17-35(23-6-7-23)30(38)26-16-33-10-8-24(26)20-9-11-34(2)28(36)15-20/h3-5,9,11-15,23-24,26,33H,6-8,10,16-17H2,1-2H3. The van der Waals surface area contributed by atoms with Crippen molar-refractivity contribution < 1.29 is 14.0 Å². The molecule has 8 heteroatoms. The molecule has 0 radical (unpaired) electrons. The fraction of sp³-hybridized carbons (Fsp3) is 0.367. The highest BCUT2D eigenvalue weighted by Crippen LogP contribution is 2.36. The molecule has 38 heavy (non-hydrogen) atoms. The highest BCUT2D eigenvalue weighted by Gasteiger charge is 2.40. The van der Waals surface area contributed by atoms with E-state index in [-0.39, 0.29) is 40.7 Å². The van der Waals surface area contributed by atoms with Gasteiger partial charge < -0.3 is 14.8 Å². The summed E-state index contributed by atoms with van der Waals surface area (Å²) in [5, 5.41) is 3.37. The summed E-state index contributed by atoms with van der Waals surface area (Å²) in [4.78, 5) is 41.6. The second kappa shape index (κ2) is 10.9. The Balaban J connectivity index is 1.43. The van der Waals surface area contributed by atoms with Crippen molar-refractivity contribution in [3.05, 3.63) is 103 Å². The molecular weight excluding hydrogens is 549 g/mol. The van der Waals surface area contributed by atoms with Gasteiger partial charge in [-0.3, -0.25) is 14.4 Å². The van der Waals surface area contributed by atoms with Crippen LogP contribution in [0.5, 0.6) is 0 Å². The van der Waals surface area contributed by atoms with Gasteiger partial charge in [0.1, 0.15) is 5.82 Å². The van der Waals surface area contributed by atoms with E-state index in [0.29, 0.717) is 18.7 Å². The van der Waals surface area contributed by atoms with Crippen molar-refractivity contribution in [3.8, 4) is 0 Å². The topological polar surface area (TPSA) is 71.4 Å². The maximum atomic E-state index is 14.0. The minimum atomic E-state index is -0.457. The summed E-state index contributed by atoms with van der Waals surface area (Å²) in [6, 6.07) is 13.2. The molecule has 3 aromatic rings. The number of carbonyl (C=O) groups excluding carboxylic acids is 2. The normalized spacial score (nSPS) is 19.3. The fourth-order valence-corrected chi connectivity index (χ4v) is 5.85. The van der Waals surface area contributed by atoms with Gasteiger partial charge in [0.2, 0.25) is 5.91 Å². The summed E-state index contributed by atoms with van der Waals surface area (Å²) < 4.78 is 16.1. The molecular formula is C30H31BrFN3O3. The van der Waals surface area contributed by atoms with E-state index in [1.807, 2.05) is 30.0 Å². The molecule has 1 aliphatic heterocycles. The molecule has 2 aliphatic rings. The van der Waals surface area contributed by atoms with Crippen molar-refractivity contribution >= 4 is 27.6 Å². The number of nitrogens with zero attached hydrogens (tertiary/aromatic N) is 2. The van der Waals surface area contributed by atoms with Gasteiger partial charge in [0, 0.05) is 54.0 Å². The summed E-state index contributed by atoms with van der Waals surface area (Å²) in [5.41, 5.74) is 3.22. The first-order chi connectivity index (χ1) is 18.2.